The summed E-state index contributed by atoms with van der Waals surface area (Å²) in [4.78, 5) is 14.6. The molecule has 1 amide bonds. The molecule has 156 valence electrons. The highest BCUT2D eigenvalue weighted by Crippen LogP contribution is 2.30. The molecule has 3 aromatic rings. The van der Waals surface area contributed by atoms with Crippen LogP contribution in [0.1, 0.15) is 19.3 Å². The number of nitrogens with zero attached hydrogens (tertiary/aromatic N) is 4. The second kappa shape index (κ2) is 9.21. The number of phenols is 1. The molecule has 1 N–H and O–H groups in total. The Bertz CT molecular complexity index is 996. The Balaban J connectivity index is 1.63. The Labute approximate surface area is 179 Å². The molecule has 1 aliphatic heterocycles. The van der Waals surface area contributed by atoms with Crippen molar-refractivity contribution in [2.24, 2.45) is 0 Å². The highest BCUT2D eigenvalue weighted by Gasteiger charge is 2.20. The van der Waals surface area contributed by atoms with Gasteiger partial charge in [0.25, 0.3) is 0 Å². The van der Waals surface area contributed by atoms with Crippen LogP contribution in [0.5, 0.6) is 11.5 Å². The molecule has 7 nitrogen and oxygen atoms in total. The summed E-state index contributed by atoms with van der Waals surface area (Å²) in [5.74, 6) is 2.05. The van der Waals surface area contributed by atoms with Gasteiger partial charge in [-0.15, -0.1) is 10.2 Å². The topological polar surface area (TPSA) is 80.5 Å². The zero-order valence-electron chi connectivity index (χ0n) is 16.8. The van der Waals surface area contributed by atoms with Crippen LogP contribution in [0.3, 0.4) is 0 Å². The van der Waals surface area contributed by atoms with Crippen LogP contribution in [-0.4, -0.2) is 56.6 Å². The van der Waals surface area contributed by atoms with Gasteiger partial charge in [-0.3, -0.25) is 9.36 Å². The average Bonchev–Trinajstić information content (AvgIpc) is 3.22. The van der Waals surface area contributed by atoms with E-state index in [0.29, 0.717) is 16.7 Å². The molecule has 0 bridgehead atoms. The first-order chi connectivity index (χ1) is 14.7. The van der Waals surface area contributed by atoms with Gasteiger partial charge in [-0.1, -0.05) is 11.8 Å². The minimum atomic E-state index is 0.134. The number of aromatic nitrogens is 3. The van der Waals surface area contributed by atoms with Gasteiger partial charge >= 0.3 is 0 Å². The van der Waals surface area contributed by atoms with Gasteiger partial charge in [0.05, 0.1) is 12.9 Å². The van der Waals surface area contributed by atoms with E-state index < -0.39 is 0 Å². The van der Waals surface area contributed by atoms with Crippen LogP contribution in [0.2, 0.25) is 0 Å². The van der Waals surface area contributed by atoms with E-state index in [9.17, 15) is 9.90 Å². The van der Waals surface area contributed by atoms with E-state index in [1.54, 1.807) is 31.4 Å². The van der Waals surface area contributed by atoms with Crippen LogP contribution >= 0.6 is 11.8 Å². The summed E-state index contributed by atoms with van der Waals surface area (Å²) in [6, 6.07) is 14.5. The van der Waals surface area contributed by atoms with Crippen LogP contribution in [0.25, 0.3) is 17.1 Å². The summed E-state index contributed by atoms with van der Waals surface area (Å²) in [6.45, 7) is 1.67. The Hall–Kier alpha value is -3.00. The van der Waals surface area contributed by atoms with E-state index in [2.05, 4.69) is 10.2 Å². The highest BCUT2D eigenvalue weighted by molar-refractivity contribution is 7.99. The van der Waals surface area contributed by atoms with Gasteiger partial charge in [0.1, 0.15) is 11.5 Å². The number of benzene rings is 2. The van der Waals surface area contributed by atoms with Gasteiger partial charge < -0.3 is 14.7 Å². The summed E-state index contributed by atoms with van der Waals surface area (Å²) in [5, 5.41) is 19.0. The zero-order valence-corrected chi connectivity index (χ0v) is 17.6. The van der Waals surface area contributed by atoms with Crippen LogP contribution < -0.4 is 4.74 Å². The third kappa shape index (κ3) is 4.43. The lowest BCUT2D eigenvalue weighted by Crippen LogP contribution is -2.36. The fourth-order valence-electron chi connectivity index (χ4n) is 3.49. The monoisotopic (exact) mass is 424 g/mol. The fraction of sp³-hybridized carbons (Fsp3) is 0.318. The average molecular weight is 425 g/mol. The van der Waals surface area contributed by atoms with Gasteiger partial charge in [-0.25, -0.2) is 0 Å². The number of thioether (sulfide) groups is 1. The summed E-state index contributed by atoms with van der Waals surface area (Å²) in [6.07, 6.45) is 3.34. The molecule has 0 atom stereocenters. The van der Waals surface area contributed by atoms with E-state index in [4.69, 9.17) is 4.74 Å². The van der Waals surface area contributed by atoms with E-state index in [1.165, 1.54) is 18.2 Å². The smallest absolute Gasteiger partial charge is 0.233 e. The van der Waals surface area contributed by atoms with Crippen molar-refractivity contribution in [2.45, 2.75) is 24.4 Å². The van der Waals surface area contributed by atoms with E-state index in [-0.39, 0.29) is 11.7 Å². The first kappa shape index (κ1) is 20.3. The lowest BCUT2D eigenvalue weighted by atomic mass is 10.1. The van der Waals surface area contributed by atoms with E-state index >= 15 is 0 Å². The summed E-state index contributed by atoms with van der Waals surface area (Å²) in [7, 11) is 1.63. The summed E-state index contributed by atoms with van der Waals surface area (Å²) >= 11 is 1.39. The predicted molar refractivity (Wildman–Crippen MR) is 116 cm³/mol. The second-order valence-corrected chi connectivity index (χ2v) is 8.06. The van der Waals surface area contributed by atoms with Gasteiger partial charge in [0.15, 0.2) is 11.0 Å². The number of methoxy groups -OCH3 is 1. The molecule has 1 aliphatic rings. The standard InChI is InChI=1S/C22H24N4O3S/c1-29-19-11-7-17(8-12-19)26-21(16-5-9-18(27)10-6-16)23-24-22(26)30-15-20(28)25-13-3-2-4-14-25/h5-12,27H,2-4,13-15H2,1H3. The normalized spacial score (nSPS) is 14.0. The van der Waals surface area contributed by atoms with Crippen molar-refractivity contribution in [2.75, 3.05) is 26.0 Å². The first-order valence-electron chi connectivity index (χ1n) is 9.95. The fourth-order valence-corrected chi connectivity index (χ4v) is 4.34. The number of aromatic hydroxyl groups is 1. The SMILES string of the molecule is COc1ccc(-n2c(SCC(=O)N3CCCCC3)nnc2-c2ccc(O)cc2)cc1. The van der Waals surface area contributed by atoms with Gasteiger partial charge in [-0.05, 0) is 67.8 Å². The maximum Gasteiger partial charge on any atom is 0.233 e. The van der Waals surface area contributed by atoms with Crippen molar-refractivity contribution in [1.29, 1.82) is 0 Å². The number of hydrogen-bond donors (Lipinski definition) is 1. The lowest BCUT2D eigenvalue weighted by Gasteiger charge is -2.26. The molecule has 0 aliphatic carbocycles. The molecular weight excluding hydrogens is 400 g/mol. The van der Waals surface area contributed by atoms with Crippen molar-refractivity contribution >= 4 is 17.7 Å². The van der Waals surface area contributed by atoms with Crippen LogP contribution in [-0.2, 0) is 4.79 Å². The van der Waals surface area contributed by atoms with E-state index in [1.807, 2.05) is 33.7 Å². The van der Waals surface area contributed by atoms with Gasteiger partial charge in [-0.2, -0.15) is 0 Å². The highest BCUT2D eigenvalue weighted by atomic mass is 32.2. The minimum absolute atomic E-state index is 0.134. The Kier molecular flexibility index (Phi) is 6.23. The molecule has 1 aromatic heterocycles. The molecule has 0 radical (unpaired) electrons. The second-order valence-electron chi connectivity index (χ2n) is 7.12. The number of likely N-dealkylation sites (tertiary alicyclic amines) is 1. The Morgan fingerprint density at radius 1 is 1.03 bits per heavy atom. The zero-order chi connectivity index (χ0) is 20.9. The first-order valence-corrected chi connectivity index (χ1v) is 10.9. The minimum Gasteiger partial charge on any atom is -0.508 e. The van der Waals surface area contributed by atoms with Crippen molar-refractivity contribution in [1.82, 2.24) is 19.7 Å². The molecule has 2 heterocycles. The number of rotatable bonds is 6. The van der Waals surface area contributed by atoms with E-state index in [0.717, 1.165) is 42.9 Å². The molecule has 0 spiro atoms. The lowest BCUT2D eigenvalue weighted by molar-refractivity contribution is -0.129. The quantitative estimate of drug-likeness (QED) is 0.607. The van der Waals surface area contributed by atoms with Crippen LogP contribution in [0.4, 0.5) is 0 Å². The maximum atomic E-state index is 12.6. The number of carbonyl (C=O) groups is 1. The number of amides is 1. The number of carbonyl (C=O) groups excluding carboxylic acids is 1. The van der Waals surface area contributed by atoms with Crippen molar-refractivity contribution in [3.8, 4) is 28.6 Å². The third-order valence-electron chi connectivity index (χ3n) is 5.12. The summed E-state index contributed by atoms with van der Waals surface area (Å²) < 4.78 is 7.20. The molecule has 30 heavy (non-hydrogen) atoms. The predicted octanol–water partition coefficient (Wildman–Crippen LogP) is 3.75. The molecule has 8 heteroatoms. The van der Waals surface area contributed by atoms with Crippen LogP contribution in [0.15, 0.2) is 53.7 Å². The van der Waals surface area contributed by atoms with Gasteiger partial charge in [0.2, 0.25) is 5.91 Å². The molecule has 0 saturated carbocycles. The number of hydrogen-bond acceptors (Lipinski definition) is 6. The molecular formula is C22H24N4O3S. The molecule has 1 saturated heterocycles. The van der Waals surface area contributed by atoms with Crippen LogP contribution in [0, 0.1) is 0 Å². The molecule has 4 rings (SSSR count). The third-order valence-corrected chi connectivity index (χ3v) is 6.04. The Morgan fingerprint density at radius 2 is 1.73 bits per heavy atom. The Morgan fingerprint density at radius 3 is 2.40 bits per heavy atom. The largest absolute Gasteiger partial charge is 0.508 e. The number of ether oxygens (including phenoxy) is 1. The van der Waals surface area contributed by atoms with Crippen molar-refractivity contribution < 1.29 is 14.6 Å². The number of piperidine rings is 1. The molecule has 2 aromatic carbocycles. The molecule has 1 fully saturated rings. The van der Waals surface area contributed by atoms with Crippen molar-refractivity contribution in [3.05, 3.63) is 48.5 Å². The summed E-state index contributed by atoms with van der Waals surface area (Å²) in [5.41, 5.74) is 1.70. The van der Waals surface area contributed by atoms with Gasteiger partial charge in [0, 0.05) is 24.3 Å². The molecule has 0 unspecified atom stereocenters. The number of phenolic OH excluding ortho intramolecular Hbond substituents is 1. The maximum absolute atomic E-state index is 12.6. The van der Waals surface area contributed by atoms with Crippen molar-refractivity contribution in [3.63, 3.8) is 0 Å².